The second kappa shape index (κ2) is 7.36. The largest absolute Gasteiger partial charge is 0.506 e. The van der Waals surface area contributed by atoms with E-state index in [2.05, 4.69) is 10.3 Å². The fraction of sp³-hybridized carbons (Fsp3) is 0.158. The number of benzene rings is 2. The zero-order valence-corrected chi connectivity index (χ0v) is 14.8. The summed E-state index contributed by atoms with van der Waals surface area (Å²) in [7, 11) is 0. The van der Waals surface area contributed by atoms with Crippen molar-refractivity contribution in [3.05, 3.63) is 69.7 Å². The van der Waals surface area contributed by atoms with Crippen molar-refractivity contribution in [1.29, 1.82) is 0 Å². The van der Waals surface area contributed by atoms with Crippen LogP contribution in [-0.2, 0) is 6.61 Å². The number of para-hydroxylation sites is 1. The van der Waals surface area contributed by atoms with Gasteiger partial charge in [0.2, 0.25) is 0 Å². The van der Waals surface area contributed by atoms with Crippen LogP contribution in [0, 0.1) is 13.8 Å². The number of aryl methyl sites for hydroxylation is 2. The van der Waals surface area contributed by atoms with Crippen molar-refractivity contribution in [1.82, 2.24) is 4.98 Å². The van der Waals surface area contributed by atoms with Crippen LogP contribution in [0.2, 0.25) is 0 Å². The summed E-state index contributed by atoms with van der Waals surface area (Å²) in [6.07, 6.45) is 0. The summed E-state index contributed by atoms with van der Waals surface area (Å²) in [5.41, 5.74) is 2.50. The Labute approximate surface area is 149 Å². The maximum Gasteiger partial charge on any atom is 0.259 e. The standard InChI is InChI=1S/C19H18N2O3S/c1-12-7-8-16(17(22)9-12)21-19(23)15-5-3-4-6-18(15)24-10-14-11-25-13(2)20-14/h3-9,11,22H,10H2,1-2H3,(H,21,23). The number of nitrogens with zero attached hydrogens (tertiary/aromatic N) is 1. The van der Waals surface area contributed by atoms with Gasteiger partial charge in [0.15, 0.2) is 0 Å². The van der Waals surface area contributed by atoms with Crippen LogP contribution in [0.15, 0.2) is 47.8 Å². The Bertz CT molecular complexity index is 905. The molecule has 0 bridgehead atoms. The van der Waals surface area contributed by atoms with E-state index in [0.717, 1.165) is 16.3 Å². The zero-order valence-electron chi connectivity index (χ0n) is 13.9. The molecule has 1 amide bonds. The number of carbonyl (C=O) groups excluding carboxylic acids is 1. The Morgan fingerprint density at radius 1 is 1.24 bits per heavy atom. The van der Waals surface area contributed by atoms with Crippen molar-refractivity contribution in [2.75, 3.05) is 5.32 Å². The van der Waals surface area contributed by atoms with Crippen LogP contribution in [0.3, 0.4) is 0 Å². The van der Waals surface area contributed by atoms with Crippen LogP contribution >= 0.6 is 11.3 Å². The normalized spacial score (nSPS) is 10.5. The number of carbonyl (C=O) groups is 1. The lowest BCUT2D eigenvalue weighted by Gasteiger charge is -2.12. The van der Waals surface area contributed by atoms with Crippen molar-refractivity contribution in [2.24, 2.45) is 0 Å². The minimum Gasteiger partial charge on any atom is -0.506 e. The molecule has 0 spiro atoms. The fourth-order valence-electron chi connectivity index (χ4n) is 2.34. The molecule has 0 aliphatic heterocycles. The van der Waals surface area contributed by atoms with Crippen LogP contribution in [0.5, 0.6) is 11.5 Å². The third-order valence-corrected chi connectivity index (χ3v) is 4.40. The first kappa shape index (κ1) is 17.0. The molecule has 1 aromatic heterocycles. The third kappa shape index (κ3) is 4.16. The van der Waals surface area contributed by atoms with Crippen LogP contribution in [0.4, 0.5) is 5.69 Å². The number of phenolic OH excluding ortho intramolecular Hbond substituents is 1. The quantitative estimate of drug-likeness (QED) is 0.670. The van der Waals surface area contributed by atoms with E-state index >= 15 is 0 Å². The Morgan fingerprint density at radius 2 is 2.04 bits per heavy atom. The van der Waals surface area contributed by atoms with Crippen LogP contribution < -0.4 is 10.1 Å². The molecule has 0 aliphatic carbocycles. The predicted octanol–water partition coefficient (Wildman–Crippen LogP) is 4.30. The van der Waals surface area contributed by atoms with Gasteiger partial charge in [-0.05, 0) is 43.7 Å². The van der Waals surface area contributed by atoms with E-state index in [1.165, 1.54) is 0 Å². The number of nitrogens with one attached hydrogen (secondary N) is 1. The Hall–Kier alpha value is -2.86. The number of aromatic nitrogens is 1. The molecule has 0 aliphatic rings. The van der Waals surface area contributed by atoms with Gasteiger partial charge < -0.3 is 15.2 Å². The Morgan fingerprint density at radius 3 is 2.76 bits per heavy atom. The maximum atomic E-state index is 12.6. The molecule has 0 saturated carbocycles. The van der Waals surface area contributed by atoms with Gasteiger partial charge in [-0.3, -0.25) is 4.79 Å². The lowest BCUT2D eigenvalue weighted by molar-refractivity contribution is 0.102. The molecule has 25 heavy (non-hydrogen) atoms. The van der Waals surface area contributed by atoms with Gasteiger partial charge in [0.05, 0.1) is 22.0 Å². The SMILES string of the molecule is Cc1ccc(NC(=O)c2ccccc2OCc2csc(C)n2)c(O)c1. The van der Waals surface area contributed by atoms with Gasteiger partial charge in [0.1, 0.15) is 18.1 Å². The van der Waals surface area contributed by atoms with E-state index in [-0.39, 0.29) is 11.7 Å². The topological polar surface area (TPSA) is 71.5 Å². The molecule has 3 aromatic rings. The summed E-state index contributed by atoms with van der Waals surface area (Å²) < 4.78 is 5.77. The molecule has 0 radical (unpaired) electrons. The van der Waals surface area contributed by atoms with E-state index < -0.39 is 0 Å². The van der Waals surface area contributed by atoms with E-state index in [9.17, 15) is 9.90 Å². The van der Waals surface area contributed by atoms with Gasteiger partial charge in [-0.15, -0.1) is 11.3 Å². The first-order valence-corrected chi connectivity index (χ1v) is 8.64. The van der Waals surface area contributed by atoms with E-state index in [1.54, 1.807) is 41.7 Å². The van der Waals surface area contributed by atoms with Crippen LogP contribution in [0.1, 0.15) is 26.6 Å². The van der Waals surface area contributed by atoms with Crippen molar-refractivity contribution < 1.29 is 14.6 Å². The minimum atomic E-state index is -0.343. The lowest BCUT2D eigenvalue weighted by atomic mass is 10.1. The third-order valence-electron chi connectivity index (χ3n) is 3.58. The molecular weight excluding hydrogens is 336 g/mol. The van der Waals surface area contributed by atoms with Crippen LogP contribution in [0.25, 0.3) is 0 Å². The highest BCUT2D eigenvalue weighted by molar-refractivity contribution is 7.09. The number of hydrogen-bond donors (Lipinski definition) is 2. The summed E-state index contributed by atoms with van der Waals surface area (Å²) in [5.74, 6) is 0.158. The number of rotatable bonds is 5. The van der Waals surface area contributed by atoms with E-state index in [0.29, 0.717) is 23.6 Å². The Kier molecular flexibility index (Phi) is 5.00. The number of ether oxygens (including phenoxy) is 1. The molecular formula is C19H18N2O3S. The zero-order chi connectivity index (χ0) is 17.8. The van der Waals surface area contributed by atoms with Crippen molar-refractivity contribution in [3.8, 4) is 11.5 Å². The fourth-order valence-corrected chi connectivity index (χ4v) is 2.94. The number of amides is 1. The van der Waals surface area contributed by atoms with Gasteiger partial charge in [-0.1, -0.05) is 18.2 Å². The minimum absolute atomic E-state index is 0.0321. The molecule has 128 valence electrons. The van der Waals surface area contributed by atoms with Gasteiger partial charge in [-0.2, -0.15) is 0 Å². The number of thiazole rings is 1. The lowest BCUT2D eigenvalue weighted by Crippen LogP contribution is -2.14. The summed E-state index contributed by atoms with van der Waals surface area (Å²) in [5, 5.41) is 15.6. The molecule has 6 heteroatoms. The monoisotopic (exact) mass is 354 g/mol. The molecule has 0 atom stereocenters. The smallest absolute Gasteiger partial charge is 0.259 e. The highest BCUT2D eigenvalue weighted by Crippen LogP contribution is 2.26. The molecule has 0 unspecified atom stereocenters. The number of phenols is 1. The second-order valence-electron chi connectivity index (χ2n) is 5.62. The maximum absolute atomic E-state index is 12.6. The van der Waals surface area contributed by atoms with E-state index in [4.69, 9.17) is 4.74 Å². The van der Waals surface area contributed by atoms with E-state index in [1.807, 2.05) is 31.4 Å². The highest BCUT2D eigenvalue weighted by Gasteiger charge is 2.14. The number of aromatic hydroxyl groups is 1. The van der Waals surface area contributed by atoms with Gasteiger partial charge in [-0.25, -0.2) is 4.98 Å². The summed E-state index contributed by atoms with van der Waals surface area (Å²) >= 11 is 1.56. The Balaban J connectivity index is 1.76. The molecule has 5 nitrogen and oxygen atoms in total. The summed E-state index contributed by atoms with van der Waals surface area (Å²) in [6.45, 7) is 4.10. The number of anilines is 1. The highest BCUT2D eigenvalue weighted by atomic mass is 32.1. The molecule has 1 heterocycles. The average Bonchev–Trinajstić information content (AvgIpc) is 3.01. The molecule has 2 N–H and O–H groups in total. The predicted molar refractivity (Wildman–Crippen MR) is 98.4 cm³/mol. The summed E-state index contributed by atoms with van der Waals surface area (Å²) in [6, 6.07) is 12.1. The average molecular weight is 354 g/mol. The first-order chi connectivity index (χ1) is 12.0. The molecule has 0 saturated heterocycles. The van der Waals surface area contributed by atoms with Gasteiger partial charge in [0.25, 0.3) is 5.91 Å². The second-order valence-corrected chi connectivity index (χ2v) is 6.68. The van der Waals surface area contributed by atoms with Crippen molar-refractivity contribution in [3.63, 3.8) is 0 Å². The van der Waals surface area contributed by atoms with Crippen LogP contribution in [-0.4, -0.2) is 16.0 Å². The number of hydrogen-bond acceptors (Lipinski definition) is 5. The van der Waals surface area contributed by atoms with Gasteiger partial charge >= 0.3 is 0 Å². The molecule has 2 aromatic carbocycles. The molecule has 0 fully saturated rings. The van der Waals surface area contributed by atoms with Crippen molar-refractivity contribution >= 4 is 22.9 Å². The van der Waals surface area contributed by atoms with Crippen molar-refractivity contribution in [2.45, 2.75) is 20.5 Å². The first-order valence-electron chi connectivity index (χ1n) is 7.77. The molecule has 3 rings (SSSR count). The van der Waals surface area contributed by atoms with Gasteiger partial charge in [0, 0.05) is 5.38 Å². The summed E-state index contributed by atoms with van der Waals surface area (Å²) in [4.78, 5) is 16.9.